The Bertz CT molecular complexity index is 468. The molecular weight excluding hydrogens is 264 g/mol. The number of anilines is 1. The van der Waals surface area contributed by atoms with Crippen molar-refractivity contribution < 1.29 is 14.3 Å². The van der Waals surface area contributed by atoms with Crippen LogP contribution < -0.4 is 16.0 Å². The normalized spacial score (nSPS) is 15.7. The van der Waals surface area contributed by atoms with E-state index in [1.807, 2.05) is 0 Å². The first kappa shape index (κ1) is 14.3. The van der Waals surface area contributed by atoms with Crippen LogP contribution in [0.1, 0.15) is 12.8 Å². The number of methoxy groups -OCH3 is 1. The zero-order valence-electron chi connectivity index (χ0n) is 11.3. The van der Waals surface area contributed by atoms with Crippen molar-refractivity contribution in [3.8, 4) is 0 Å². The van der Waals surface area contributed by atoms with Gasteiger partial charge in [-0.1, -0.05) is 0 Å². The summed E-state index contributed by atoms with van der Waals surface area (Å²) >= 11 is 0. The molecule has 9 nitrogen and oxygen atoms in total. The summed E-state index contributed by atoms with van der Waals surface area (Å²) in [6.07, 6.45) is 2.58. The minimum absolute atomic E-state index is 0.0206. The number of rotatable bonds is 4. The Morgan fingerprint density at radius 2 is 2.25 bits per heavy atom. The van der Waals surface area contributed by atoms with E-state index in [0.717, 1.165) is 25.9 Å². The van der Waals surface area contributed by atoms with Gasteiger partial charge in [-0.25, -0.2) is 4.79 Å². The van der Waals surface area contributed by atoms with Gasteiger partial charge in [-0.3, -0.25) is 10.1 Å². The van der Waals surface area contributed by atoms with E-state index in [9.17, 15) is 9.59 Å². The number of nitrogens with one attached hydrogen (secondary N) is 3. The lowest BCUT2D eigenvalue weighted by atomic mass is 10.1. The fourth-order valence-electron chi connectivity index (χ4n) is 1.95. The molecule has 0 aromatic carbocycles. The molecule has 0 atom stereocenters. The van der Waals surface area contributed by atoms with Crippen LogP contribution >= 0.6 is 0 Å². The molecule has 2 amide bonds. The smallest absolute Gasteiger partial charge is 0.412 e. The van der Waals surface area contributed by atoms with Gasteiger partial charge in [-0.05, 0) is 25.9 Å². The Labute approximate surface area is 116 Å². The molecule has 1 saturated heterocycles. The number of nitrogens with zero attached hydrogens (tertiary/aromatic N) is 3. The van der Waals surface area contributed by atoms with Crippen molar-refractivity contribution in [1.82, 2.24) is 25.6 Å². The zero-order chi connectivity index (χ0) is 14.4. The lowest BCUT2D eigenvalue weighted by Crippen LogP contribution is -2.44. The second-order valence-electron chi connectivity index (χ2n) is 4.47. The third kappa shape index (κ3) is 4.19. The van der Waals surface area contributed by atoms with Crippen molar-refractivity contribution in [3.63, 3.8) is 0 Å². The molecule has 110 valence electrons. The molecule has 1 fully saturated rings. The number of carbonyl (C=O) groups is 2. The molecule has 20 heavy (non-hydrogen) atoms. The minimum Gasteiger partial charge on any atom is -0.453 e. The number of ether oxygens (including phenoxy) is 1. The van der Waals surface area contributed by atoms with Crippen LogP contribution in [0.4, 0.5) is 10.6 Å². The van der Waals surface area contributed by atoms with E-state index in [-0.39, 0.29) is 24.3 Å². The summed E-state index contributed by atoms with van der Waals surface area (Å²) < 4.78 is 4.43. The molecule has 2 heterocycles. The average molecular weight is 282 g/mol. The maximum atomic E-state index is 11.8. The summed E-state index contributed by atoms with van der Waals surface area (Å²) in [5, 5.41) is 16.4. The van der Waals surface area contributed by atoms with Gasteiger partial charge in [-0.2, -0.15) is 9.90 Å². The van der Waals surface area contributed by atoms with Gasteiger partial charge in [0, 0.05) is 6.04 Å². The average Bonchev–Trinajstić information content (AvgIpc) is 2.86. The van der Waals surface area contributed by atoms with Gasteiger partial charge < -0.3 is 15.4 Å². The fraction of sp³-hybridized carbons (Fsp3) is 0.636. The van der Waals surface area contributed by atoms with Crippen molar-refractivity contribution in [2.24, 2.45) is 0 Å². The highest BCUT2D eigenvalue weighted by Gasteiger charge is 2.16. The molecular formula is C11H18N6O3. The fourth-order valence-corrected chi connectivity index (χ4v) is 1.95. The summed E-state index contributed by atoms with van der Waals surface area (Å²) in [5.41, 5.74) is 0. The van der Waals surface area contributed by atoms with Crippen LogP contribution in [0.2, 0.25) is 0 Å². The topological polar surface area (TPSA) is 110 Å². The lowest BCUT2D eigenvalue weighted by molar-refractivity contribution is -0.122. The summed E-state index contributed by atoms with van der Waals surface area (Å²) in [5.74, 6) is 0.101. The maximum absolute atomic E-state index is 11.8. The quantitative estimate of drug-likeness (QED) is 0.675. The predicted octanol–water partition coefficient (Wildman–Crippen LogP) is -0.675. The van der Waals surface area contributed by atoms with Crippen LogP contribution in [-0.4, -0.2) is 53.2 Å². The molecule has 3 N–H and O–H groups in total. The van der Waals surface area contributed by atoms with Gasteiger partial charge in [0.05, 0.1) is 13.3 Å². The van der Waals surface area contributed by atoms with Gasteiger partial charge in [0.1, 0.15) is 6.54 Å². The number of piperidine rings is 1. The van der Waals surface area contributed by atoms with E-state index < -0.39 is 6.09 Å². The Balaban J connectivity index is 1.80. The minimum atomic E-state index is -0.629. The van der Waals surface area contributed by atoms with E-state index >= 15 is 0 Å². The van der Waals surface area contributed by atoms with Crippen LogP contribution in [0, 0.1) is 0 Å². The number of hydrogen-bond acceptors (Lipinski definition) is 6. The molecule has 0 unspecified atom stereocenters. The molecule has 1 aromatic rings. The van der Waals surface area contributed by atoms with Gasteiger partial charge in [0.2, 0.25) is 5.91 Å². The van der Waals surface area contributed by atoms with Crippen molar-refractivity contribution in [1.29, 1.82) is 0 Å². The summed E-state index contributed by atoms with van der Waals surface area (Å²) in [6, 6.07) is 0.201. The van der Waals surface area contributed by atoms with Crippen molar-refractivity contribution in [2.45, 2.75) is 25.4 Å². The molecule has 0 bridgehead atoms. The van der Waals surface area contributed by atoms with Crippen molar-refractivity contribution in [3.05, 3.63) is 6.20 Å². The van der Waals surface area contributed by atoms with Crippen molar-refractivity contribution in [2.75, 3.05) is 25.5 Å². The van der Waals surface area contributed by atoms with Crippen LogP contribution in [-0.2, 0) is 16.1 Å². The molecule has 2 rings (SSSR count). The lowest BCUT2D eigenvalue weighted by Gasteiger charge is -2.23. The number of hydrogen-bond donors (Lipinski definition) is 3. The molecule has 0 spiro atoms. The van der Waals surface area contributed by atoms with Gasteiger partial charge >= 0.3 is 6.09 Å². The van der Waals surface area contributed by atoms with E-state index in [0.29, 0.717) is 0 Å². The van der Waals surface area contributed by atoms with E-state index in [4.69, 9.17) is 0 Å². The number of carbonyl (C=O) groups excluding carboxylic acids is 2. The molecule has 0 saturated carbocycles. The SMILES string of the molecule is COC(=O)Nc1cnn(CC(=O)NC2CCNCC2)n1. The monoisotopic (exact) mass is 282 g/mol. The molecule has 1 aliphatic heterocycles. The molecule has 1 aliphatic rings. The first-order valence-corrected chi connectivity index (χ1v) is 6.42. The van der Waals surface area contributed by atoms with Crippen molar-refractivity contribution >= 4 is 17.8 Å². The van der Waals surface area contributed by atoms with Crippen LogP contribution in [0.5, 0.6) is 0 Å². The summed E-state index contributed by atoms with van der Waals surface area (Å²) in [7, 11) is 1.26. The highest BCUT2D eigenvalue weighted by molar-refractivity contribution is 5.82. The summed E-state index contributed by atoms with van der Waals surface area (Å²) in [4.78, 5) is 24.0. The van der Waals surface area contributed by atoms with Crippen LogP contribution in [0.3, 0.4) is 0 Å². The molecule has 0 radical (unpaired) electrons. The highest BCUT2D eigenvalue weighted by Crippen LogP contribution is 2.02. The second-order valence-corrected chi connectivity index (χ2v) is 4.47. The van der Waals surface area contributed by atoms with Gasteiger partial charge in [-0.15, -0.1) is 5.10 Å². The zero-order valence-corrected chi connectivity index (χ0v) is 11.3. The standard InChI is InChI=1S/C11H18N6O3/c1-20-11(19)15-9-6-13-17(16-9)7-10(18)14-8-2-4-12-5-3-8/h6,8,12H,2-5,7H2,1H3,(H,14,18)(H,15,16,19). The second kappa shape index (κ2) is 6.85. The molecule has 1 aromatic heterocycles. The van der Waals surface area contributed by atoms with Crippen LogP contribution in [0.15, 0.2) is 6.20 Å². The summed E-state index contributed by atoms with van der Waals surface area (Å²) in [6.45, 7) is 1.85. The Morgan fingerprint density at radius 1 is 1.50 bits per heavy atom. The Kier molecular flexibility index (Phi) is 4.88. The maximum Gasteiger partial charge on any atom is 0.412 e. The largest absolute Gasteiger partial charge is 0.453 e. The van der Waals surface area contributed by atoms with Gasteiger partial charge in [0.15, 0.2) is 5.82 Å². The van der Waals surface area contributed by atoms with E-state index in [1.54, 1.807) is 0 Å². The number of amides is 2. The Morgan fingerprint density at radius 3 is 2.95 bits per heavy atom. The number of aromatic nitrogens is 3. The highest BCUT2D eigenvalue weighted by atomic mass is 16.5. The van der Waals surface area contributed by atoms with E-state index in [1.165, 1.54) is 18.1 Å². The van der Waals surface area contributed by atoms with Crippen LogP contribution in [0.25, 0.3) is 0 Å². The molecule has 0 aliphatic carbocycles. The first-order chi connectivity index (χ1) is 9.67. The van der Waals surface area contributed by atoms with Gasteiger partial charge in [0.25, 0.3) is 0 Å². The Hall–Kier alpha value is -2.16. The third-order valence-electron chi connectivity index (χ3n) is 2.94. The first-order valence-electron chi connectivity index (χ1n) is 6.42. The molecule has 9 heteroatoms. The predicted molar refractivity (Wildman–Crippen MR) is 70.1 cm³/mol. The van der Waals surface area contributed by atoms with E-state index in [2.05, 4.69) is 30.9 Å². The third-order valence-corrected chi connectivity index (χ3v) is 2.94.